The van der Waals surface area contributed by atoms with Crippen LogP contribution in [0.1, 0.15) is 35.5 Å². The van der Waals surface area contributed by atoms with Crippen LogP contribution in [0.5, 0.6) is 0 Å². The number of fused-ring (bicyclic) bond motifs is 1. The van der Waals surface area contributed by atoms with E-state index in [4.69, 9.17) is 4.42 Å². The Morgan fingerprint density at radius 1 is 1.28 bits per heavy atom. The lowest BCUT2D eigenvalue weighted by molar-refractivity contribution is 0.0761. The number of carbonyl (C=O) groups is 1. The van der Waals surface area contributed by atoms with Gasteiger partial charge in [0.25, 0.3) is 5.91 Å². The molecule has 25 heavy (non-hydrogen) atoms. The predicted octanol–water partition coefficient (Wildman–Crippen LogP) is 3.05. The summed E-state index contributed by atoms with van der Waals surface area (Å²) in [5, 5.41) is 0. The van der Waals surface area contributed by atoms with Crippen LogP contribution in [0.25, 0.3) is 0 Å². The number of pyridine rings is 1. The van der Waals surface area contributed by atoms with Crippen molar-refractivity contribution in [2.24, 2.45) is 11.8 Å². The number of hydrogen-bond acceptors (Lipinski definition) is 4. The number of likely N-dealkylation sites (tertiary alicyclic amines) is 1. The molecule has 1 aliphatic heterocycles. The van der Waals surface area contributed by atoms with Crippen LogP contribution in [-0.2, 0) is 6.54 Å². The second-order valence-electron chi connectivity index (χ2n) is 7.34. The Hall–Kier alpha value is -2.14. The zero-order valence-corrected chi connectivity index (χ0v) is 14.7. The van der Waals surface area contributed by atoms with Crippen LogP contribution in [0.4, 0.5) is 0 Å². The number of carbonyl (C=O) groups excluding carboxylic acids is 1. The molecule has 1 saturated carbocycles. The third-order valence-electron chi connectivity index (χ3n) is 5.78. The maximum atomic E-state index is 12.8. The molecular formula is C20H25N3O2. The van der Waals surface area contributed by atoms with E-state index in [1.807, 2.05) is 35.2 Å². The average Bonchev–Trinajstić information content (AvgIpc) is 3.30. The van der Waals surface area contributed by atoms with Crippen molar-refractivity contribution in [1.29, 1.82) is 0 Å². The van der Waals surface area contributed by atoms with Crippen LogP contribution in [-0.4, -0.2) is 46.9 Å². The van der Waals surface area contributed by atoms with Gasteiger partial charge in [-0.05, 0) is 56.0 Å². The lowest BCUT2D eigenvalue weighted by Crippen LogP contribution is -2.43. The maximum Gasteiger partial charge on any atom is 0.272 e. The Morgan fingerprint density at radius 2 is 2.20 bits per heavy atom. The van der Waals surface area contributed by atoms with E-state index in [-0.39, 0.29) is 5.91 Å². The van der Waals surface area contributed by atoms with Crippen LogP contribution >= 0.6 is 0 Å². The van der Waals surface area contributed by atoms with Gasteiger partial charge in [0.1, 0.15) is 11.5 Å². The predicted molar refractivity (Wildman–Crippen MR) is 94.9 cm³/mol. The lowest BCUT2D eigenvalue weighted by atomic mass is 9.77. The molecule has 2 aromatic rings. The smallest absolute Gasteiger partial charge is 0.272 e. The Labute approximate surface area is 148 Å². The number of aromatic nitrogens is 1. The molecule has 1 saturated heterocycles. The molecule has 0 spiro atoms. The summed E-state index contributed by atoms with van der Waals surface area (Å²) in [6.45, 7) is 2.54. The first-order chi connectivity index (χ1) is 12.2. The minimum Gasteiger partial charge on any atom is -0.468 e. The van der Waals surface area contributed by atoms with Crippen molar-refractivity contribution in [3.8, 4) is 0 Å². The number of hydrogen-bond donors (Lipinski definition) is 0. The standard InChI is InChI=1S/C20H25N3O2/c1-22(13-16-7-5-11-25-16)19-9-4-6-15-12-23(14-17(15)19)20(24)18-8-2-3-10-21-18/h2-3,5,7-8,10-11,15,17,19H,4,6,9,12-14H2,1H3/t15-,17+,19-/m1/s1. The minimum atomic E-state index is 0.0717. The monoisotopic (exact) mass is 339 g/mol. The van der Waals surface area contributed by atoms with Gasteiger partial charge in [-0.3, -0.25) is 14.7 Å². The van der Waals surface area contributed by atoms with Gasteiger partial charge in [-0.25, -0.2) is 0 Å². The average molecular weight is 339 g/mol. The van der Waals surface area contributed by atoms with Crippen molar-refractivity contribution < 1.29 is 9.21 Å². The molecule has 1 aliphatic carbocycles. The molecular weight excluding hydrogens is 314 g/mol. The molecule has 0 aromatic carbocycles. The van der Waals surface area contributed by atoms with Crippen LogP contribution in [0.15, 0.2) is 47.2 Å². The van der Waals surface area contributed by atoms with E-state index in [2.05, 4.69) is 16.9 Å². The van der Waals surface area contributed by atoms with E-state index in [0.29, 0.717) is 23.6 Å². The van der Waals surface area contributed by atoms with Gasteiger partial charge in [0, 0.05) is 25.3 Å². The van der Waals surface area contributed by atoms with E-state index in [1.54, 1.807) is 12.5 Å². The van der Waals surface area contributed by atoms with Gasteiger partial charge in [0.2, 0.25) is 0 Å². The normalized spacial score (nSPS) is 26.0. The molecule has 4 rings (SSSR count). The van der Waals surface area contributed by atoms with Gasteiger partial charge >= 0.3 is 0 Å². The first-order valence-corrected chi connectivity index (χ1v) is 9.15. The number of nitrogens with zero attached hydrogens (tertiary/aromatic N) is 3. The van der Waals surface area contributed by atoms with Gasteiger partial charge < -0.3 is 9.32 Å². The molecule has 0 bridgehead atoms. The summed E-state index contributed by atoms with van der Waals surface area (Å²) in [6, 6.07) is 10.0. The largest absolute Gasteiger partial charge is 0.468 e. The minimum absolute atomic E-state index is 0.0717. The molecule has 2 aromatic heterocycles. The van der Waals surface area contributed by atoms with Crippen molar-refractivity contribution in [2.45, 2.75) is 31.8 Å². The molecule has 2 aliphatic rings. The summed E-state index contributed by atoms with van der Waals surface area (Å²) in [5.41, 5.74) is 0.557. The van der Waals surface area contributed by atoms with Crippen LogP contribution in [0.2, 0.25) is 0 Å². The molecule has 0 unspecified atom stereocenters. The third-order valence-corrected chi connectivity index (χ3v) is 5.78. The van der Waals surface area contributed by atoms with Gasteiger partial charge in [0.05, 0.1) is 12.8 Å². The second kappa shape index (κ2) is 7.00. The summed E-state index contributed by atoms with van der Waals surface area (Å²) < 4.78 is 5.51. The Morgan fingerprint density at radius 3 is 2.96 bits per heavy atom. The molecule has 5 heteroatoms. The van der Waals surface area contributed by atoms with Crippen molar-refractivity contribution in [1.82, 2.24) is 14.8 Å². The van der Waals surface area contributed by atoms with E-state index in [9.17, 15) is 4.79 Å². The van der Waals surface area contributed by atoms with Gasteiger partial charge in [-0.1, -0.05) is 12.5 Å². The Bertz CT molecular complexity index is 701. The second-order valence-corrected chi connectivity index (χ2v) is 7.34. The summed E-state index contributed by atoms with van der Waals surface area (Å²) in [4.78, 5) is 21.4. The van der Waals surface area contributed by atoms with E-state index in [0.717, 1.165) is 25.4 Å². The topological polar surface area (TPSA) is 49.6 Å². The Balaban J connectivity index is 1.45. The quantitative estimate of drug-likeness (QED) is 0.859. The van der Waals surface area contributed by atoms with Gasteiger partial charge in [0.15, 0.2) is 0 Å². The van der Waals surface area contributed by atoms with Crippen molar-refractivity contribution in [3.05, 3.63) is 54.2 Å². The molecule has 2 fully saturated rings. The van der Waals surface area contributed by atoms with Gasteiger partial charge in [-0.15, -0.1) is 0 Å². The first-order valence-electron chi connectivity index (χ1n) is 9.15. The highest BCUT2D eigenvalue weighted by atomic mass is 16.3. The number of furan rings is 1. The summed E-state index contributed by atoms with van der Waals surface area (Å²) in [7, 11) is 2.18. The third kappa shape index (κ3) is 3.33. The highest BCUT2D eigenvalue weighted by molar-refractivity contribution is 5.92. The summed E-state index contributed by atoms with van der Waals surface area (Å²) in [6.07, 6.45) is 7.08. The van der Waals surface area contributed by atoms with Crippen molar-refractivity contribution in [2.75, 3.05) is 20.1 Å². The Kier molecular flexibility index (Phi) is 4.57. The van der Waals surface area contributed by atoms with Crippen molar-refractivity contribution in [3.63, 3.8) is 0 Å². The molecule has 3 heterocycles. The van der Waals surface area contributed by atoms with Crippen LogP contribution in [0, 0.1) is 11.8 Å². The van der Waals surface area contributed by atoms with Crippen molar-refractivity contribution >= 4 is 5.91 Å². The zero-order valence-electron chi connectivity index (χ0n) is 14.7. The summed E-state index contributed by atoms with van der Waals surface area (Å²) in [5.74, 6) is 2.22. The van der Waals surface area contributed by atoms with Crippen LogP contribution in [0.3, 0.4) is 0 Å². The summed E-state index contributed by atoms with van der Waals surface area (Å²) >= 11 is 0. The lowest BCUT2D eigenvalue weighted by Gasteiger charge is -2.38. The molecule has 132 valence electrons. The van der Waals surface area contributed by atoms with Crippen LogP contribution < -0.4 is 0 Å². The molecule has 1 amide bonds. The zero-order chi connectivity index (χ0) is 17.2. The number of amides is 1. The molecule has 3 atom stereocenters. The molecule has 0 radical (unpaired) electrons. The molecule has 5 nitrogen and oxygen atoms in total. The van der Waals surface area contributed by atoms with E-state index < -0.39 is 0 Å². The fourth-order valence-corrected chi connectivity index (χ4v) is 4.57. The highest BCUT2D eigenvalue weighted by Crippen LogP contribution is 2.39. The maximum absolute atomic E-state index is 12.8. The van der Waals surface area contributed by atoms with Gasteiger partial charge in [-0.2, -0.15) is 0 Å². The number of rotatable bonds is 4. The fourth-order valence-electron chi connectivity index (χ4n) is 4.57. The van der Waals surface area contributed by atoms with E-state index in [1.165, 1.54) is 19.3 Å². The van der Waals surface area contributed by atoms with E-state index >= 15 is 0 Å². The SMILES string of the molecule is CN(Cc1ccco1)[C@@H]1CCC[C@@H]2CN(C(=O)c3ccccn3)C[C@@H]21. The highest BCUT2D eigenvalue weighted by Gasteiger charge is 2.43. The molecule has 0 N–H and O–H groups in total. The fraction of sp³-hybridized carbons (Fsp3) is 0.500. The first kappa shape index (κ1) is 16.3.